The summed E-state index contributed by atoms with van der Waals surface area (Å²) in [7, 11) is -2.93. The maximum atomic E-state index is 4.72. The monoisotopic (exact) mass is 668 g/mol. The number of hydrogen-bond donors (Lipinski definition) is 0. The van der Waals surface area contributed by atoms with Crippen LogP contribution in [0.2, 0.25) is 0 Å². The van der Waals surface area contributed by atoms with Crippen molar-refractivity contribution in [3.8, 4) is 11.4 Å². The van der Waals surface area contributed by atoms with E-state index >= 15 is 0 Å². The van der Waals surface area contributed by atoms with Crippen LogP contribution in [0.15, 0.2) is 195 Å². The van der Waals surface area contributed by atoms with Crippen molar-refractivity contribution >= 4 is 72.4 Å². The third-order valence-corrected chi connectivity index (χ3v) is 15.1. The van der Waals surface area contributed by atoms with Crippen LogP contribution in [0, 0.1) is 0 Å². The molecule has 0 saturated heterocycles. The Morgan fingerprint density at radius 1 is 0.333 bits per heavy atom. The predicted molar refractivity (Wildman–Crippen MR) is 214 cm³/mol. The molecule has 0 fully saturated rings. The van der Waals surface area contributed by atoms with Crippen molar-refractivity contribution in [2.24, 2.45) is 0 Å². The van der Waals surface area contributed by atoms with Gasteiger partial charge in [-0.15, -0.1) is 0 Å². The molecule has 0 N–H and O–H groups in total. The zero-order valence-electron chi connectivity index (χ0n) is 27.8. The first-order valence-corrected chi connectivity index (χ1v) is 19.3. The molecule has 0 atom stereocenters. The quantitative estimate of drug-likeness (QED) is 0.168. The number of aromatic nitrogens is 4. The van der Waals surface area contributed by atoms with Crippen molar-refractivity contribution in [1.29, 1.82) is 0 Å². The van der Waals surface area contributed by atoms with Crippen molar-refractivity contribution in [3.63, 3.8) is 0 Å². The molecule has 0 bridgehead atoms. The minimum absolute atomic E-state index is 1.14. The van der Waals surface area contributed by atoms with E-state index in [1.54, 1.807) is 0 Å². The zero-order chi connectivity index (χ0) is 33.8. The van der Waals surface area contributed by atoms with Gasteiger partial charge in [0.1, 0.15) is 0 Å². The van der Waals surface area contributed by atoms with E-state index in [1.165, 1.54) is 64.4 Å². The standard InChI is InChI=1S/C46H32N4Si/c1-2-12-33(13-3-1)49-45-21-9-6-18-41(45)42-30-36(26-27-46(42)49)51(37-14-10-28-47-31-37,38-15-11-29-48-32-38)35-24-22-34(23-25-35)50-43-19-7-4-16-39(43)40-17-5-8-20-44(40)50/h1-32H. The molecule has 0 aliphatic rings. The average Bonchev–Trinajstić information content (AvgIpc) is 3.73. The van der Waals surface area contributed by atoms with Gasteiger partial charge in [-0.3, -0.25) is 9.97 Å². The van der Waals surface area contributed by atoms with E-state index in [2.05, 4.69) is 191 Å². The fourth-order valence-electron chi connectivity index (χ4n) is 8.29. The van der Waals surface area contributed by atoms with Gasteiger partial charge in [-0.25, -0.2) is 0 Å². The lowest BCUT2D eigenvalue weighted by molar-refractivity contribution is 1.18. The molecule has 4 heterocycles. The second kappa shape index (κ2) is 11.8. The minimum atomic E-state index is -2.93. The van der Waals surface area contributed by atoms with E-state index < -0.39 is 8.07 Å². The van der Waals surface area contributed by atoms with E-state index in [0.29, 0.717) is 0 Å². The molecule has 0 aliphatic carbocycles. The summed E-state index contributed by atoms with van der Waals surface area (Å²) in [5.74, 6) is 0. The summed E-state index contributed by atoms with van der Waals surface area (Å²) in [5, 5.41) is 9.99. The van der Waals surface area contributed by atoms with Crippen LogP contribution >= 0.6 is 0 Å². The maximum absolute atomic E-state index is 4.72. The van der Waals surface area contributed by atoms with Crippen LogP contribution in [0.5, 0.6) is 0 Å². The van der Waals surface area contributed by atoms with E-state index in [1.807, 2.05) is 12.4 Å². The number of para-hydroxylation sites is 4. The Balaban J connectivity index is 1.25. The first kappa shape index (κ1) is 29.4. The lowest BCUT2D eigenvalue weighted by Crippen LogP contribution is -2.74. The molecule has 10 aromatic rings. The summed E-state index contributed by atoms with van der Waals surface area (Å²) in [6.45, 7) is 0. The van der Waals surface area contributed by atoms with Gasteiger partial charge < -0.3 is 9.13 Å². The Bertz CT molecular complexity index is 2750. The van der Waals surface area contributed by atoms with Gasteiger partial charge in [0.2, 0.25) is 0 Å². The Kier molecular flexibility index (Phi) is 6.79. The van der Waals surface area contributed by atoms with E-state index in [0.717, 1.165) is 11.4 Å². The minimum Gasteiger partial charge on any atom is -0.309 e. The summed E-state index contributed by atoms with van der Waals surface area (Å²) in [4.78, 5) is 9.43. The number of fused-ring (bicyclic) bond motifs is 6. The van der Waals surface area contributed by atoms with Crippen LogP contribution < -0.4 is 20.7 Å². The van der Waals surface area contributed by atoms with Gasteiger partial charge >= 0.3 is 0 Å². The molecular formula is C46H32N4Si. The number of pyridine rings is 2. The highest BCUT2D eigenvalue weighted by Crippen LogP contribution is 2.33. The summed E-state index contributed by atoms with van der Waals surface area (Å²) in [6, 6.07) is 61.8. The molecule has 5 heteroatoms. The van der Waals surface area contributed by atoms with Gasteiger partial charge in [-0.05, 0) is 81.4 Å². The Morgan fingerprint density at radius 2 is 0.784 bits per heavy atom. The third kappa shape index (κ3) is 4.45. The first-order valence-electron chi connectivity index (χ1n) is 17.3. The first-order chi connectivity index (χ1) is 25.3. The number of benzene rings is 6. The Morgan fingerprint density at radius 3 is 1.31 bits per heavy atom. The van der Waals surface area contributed by atoms with Crippen molar-refractivity contribution in [1.82, 2.24) is 19.1 Å². The summed E-state index contributed by atoms with van der Waals surface area (Å²) >= 11 is 0. The summed E-state index contributed by atoms with van der Waals surface area (Å²) < 4.78 is 4.77. The van der Waals surface area contributed by atoms with Gasteiger partial charge in [0.15, 0.2) is 8.07 Å². The number of rotatable bonds is 6. The van der Waals surface area contributed by atoms with Crippen LogP contribution in [-0.4, -0.2) is 27.2 Å². The van der Waals surface area contributed by atoms with E-state index in [-0.39, 0.29) is 0 Å². The molecule has 0 amide bonds. The molecule has 10 rings (SSSR count). The van der Waals surface area contributed by atoms with Gasteiger partial charge in [-0.1, -0.05) is 109 Å². The summed E-state index contributed by atoms with van der Waals surface area (Å²) in [6.07, 6.45) is 7.87. The normalized spacial score (nSPS) is 11.9. The van der Waals surface area contributed by atoms with Crippen molar-refractivity contribution in [2.75, 3.05) is 0 Å². The van der Waals surface area contributed by atoms with Crippen LogP contribution in [0.4, 0.5) is 0 Å². The number of nitrogens with zero attached hydrogens (tertiary/aromatic N) is 4. The lowest BCUT2D eigenvalue weighted by Gasteiger charge is -2.34. The Labute approximate surface area is 296 Å². The smallest absolute Gasteiger partial charge is 0.182 e. The van der Waals surface area contributed by atoms with Crippen molar-refractivity contribution in [2.45, 2.75) is 0 Å². The molecular weight excluding hydrogens is 637 g/mol. The predicted octanol–water partition coefficient (Wildman–Crippen LogP) is 8.05. The van der Waals surface area contributed by atoms with Crippen molar-refractivity contribution in [3.05, 3.63) is 195 Å². The molecule has 0 unspecified atom stereocenters. The van der Waals surface area contributed by atoms with Crippen LogP contribution in [0.3, 0.4) is 0 Å². The molecule has 6 aromatic carbocycles. The second-order valence-corrected chi connectivity index (χ2v) is 16.9. The molecule has 4 nitrogen and oxygen atoms in total. The summed E-state index contributed by atoms with van der Waals surface area (Å²) in [5.41, 5.74) is 7.08. The van der Waals surface area contributed by atoms with Crippen LogP contribution in [0.1, 0.15) is 0 Å². The molecule has 0 aliphatic heterocycles. The van der Waals surface area contributed by atoms with Crippen LogP contribution in [-0.2, 0) is 0 Å². The van der Waals surface area contributed by atoms with E-state index in [9.17, 15) is 0 Å². The van der Waals surface area contributed by atoms with Gasteiger partial charge in [0.25, 0.3) is 0 Å². The molecule has 51 heavy (non-hydrogen) atoms. The highest BCUT2D eigenvalue weighted by Gasteiger charge is 2.42. The highest BCUT2D eigenvalue weighted by atomic mass is 28.3. The lowest BCUT2D eigenvalue weighted by atomic mass is 10.1. The fourth-order valence-corrected chi connectivity index (χ4v) is 12.9. The largest absolute Gasteiger partial charge is 0.309 e. The van der Waals surface area contributed by atoms with Gasteiger partial charge in [0.05, 0.1) is 22.1 Å². The van der Waals surface area contributed by atoms with Crippen molar-refractivity contribution < 1.29 is 0 Å². The van der Waals surface area contributed by atoms with Crippen LogP contribution in [0.25, 0.3) is 55.0 Å². The van der Waals surface area contributed by atoms with Gasteiger partial charge in [0, 0.05) is 57.7 Å². The zero-order valence-corrected chi connectivity index (χ0v) is 28.8. The molecule has 4 aromatic heterocycles. The second-order valence-electron chi connectivity index (χ2n) is 13.1. The topological polar surface area (TPSA) is 35.6 Å². The molecule has 0 saturated carbocycles. The van der Waals surface area contributed by atoms with E-state index in [4.69, 9.17) is 9.97 Å². The Hall–Kier alpha value is -6.56. The molecule has 0 spiro atoms. The number of hydrogen-bond acceptors (Lipinski definition) is 2. The van der Waals surface area contributed by atoms with Gasteiger partial charge in [-0.2, -0.15) is 0 Å². The maximum Gasteiger partial charge on any atom is 0.182 e. The SMILES string of the molecule is c1ccc(-n2c3ccccc3c3cc([Si](c4ccc(-n5c6ccccc6c6ccccc65)cc4)(c4cccnc4)c4cccnc4)ccc32)cc1. The highest BCUT2D eigenvalue weighted by molar-refractivity contribution is 7.19. The third-order valence-electron chi connectivity index (χ3n) is 10.4. The average molecular weight is 669 g/mol. The molecule has 0 radical (unpaired) electrons. The fraction of sp³-hybridized carbons (Fsp3) is 0. The molecule has 240 valence electrons.